The average Bonchev–Trinajstić information content (AvgIpc) is 2.69. The Labute approximate surface area is 165 Å². The molecule has 1 saturated heterocycles. The summed E-state index contributed by atoms with van der Waals surface area (Å²) >= 11 is 6.15. The number of esters is 1. The molecule has 0 amide bonds. The monoisotopic (exact) mass is 407 g/mol. The summed E-state index contributed by atoms with van der Waals surface area (Å²) in [6.07, 6.45) is 0.442. The van der Waals surface area contributed by atoms with Gasteiger partial charge in [0.25, 0.3) is 0 Å². The molecule has 144 valence electrons. The second-order valence-corrected chi connectivity index (χ2v) is 8.94. The molecule has 27 heavy (non-hydrogen) atoms. The van der Waals surface area contributed by atoms with Gasteiger partial charge in [-0.1, -0.05) is 48.0 Å². The Morgan fingerprint density at radius 3 is 2.30 bits per heavy atom. The summed E-state index contributed by atoms with van der Waals surface area (Å²) < 4.78 is 32.3. The van der Waals surface area contributed by atoms with Crippen LogP contribution in [0, 0.1) is 5.92 Å². The van der Waals surface area contributed by atoms with Crippen molar-refractivity contribution in [2.45, 2.75) is 30.8 Å². The lowest BCUT2D eigenvalue weighted by Gasteiger charge is -2.30. The number of carbonyl (C=O) groups is 1. The van der Waals surface area contributed by atoms with Gasteiger partial charge in [0.2, 0.25) is 10.0 Å². The Morgan fingerprint density at radius 1 is 1.07 bits per heavy atom. The highest BCUT2D eigenvalue weighted by atomic mass is 35.5. The standard InChI is InChI=1S/C20H22ClNO4S/c1-15(18-9-5-6-10-19(18)21)26-20(23)16-11-13-22(14-12-16)27(24,25)17-7-3-2-4-8-17/h2-10,15-16H,11-14H2,1H3. The minimum Gasteiger partial charge on any atom is -0.458 e. The molecule has 0 spiro atoms. The van der Waals surface area contributed by atoms with E-state index < -0.39 is 16.1 Å². The summed E-state index contributed by atoms with van der Waals surface area (Å²) in [6.45, 7) is 2.39. The van der Waals surface area contributed by atoms with Crippen LogP contribution in [0.25, 0.3) is 0 Å². The van der Waals surface area contributed by atoms with E-state index >= 15 is 0 Å². The number of nitrogens with zero attached hydrogens (tertiary/aromatic N) is 1. The number of rotatable bonds is 5. The normalized spacial score (nSPS) is 17.4. The molecule has 0 aromatic heterocycles. The molecule has 1 aliphatic heterocycles. The molecular formula is C20H22ClNO4S. The Bertz CT molecular complexity index is 893. The van der Waals surface area contributed by atoms with Gasteiger partial charge in [-0.15, -0.1) is 0 Å². The highest BCUT2D eigenvalue weighted by Gasteiger charge is 2.33. The maximum Gasteiger partial charge on any atom is 0.309 e. The van der Waals surface area contributed by atoms with E-state index in [0.29, 0.717) is 31.0 Å². The van der Waals surface area contributed by atoms with E-state index in [-0.39, 0.29) is 16.8 Å². The van der Waals surface area contributed by atoms with Gasteiger partial charge in [0.15, 0.2) is 0 Å². The summed E-state index contributed by atoms with van der Waals surface area (Å²) in [6, 6.07) is 15.6. The maximum atomic E-state index is 12.7. The summed E-state index contributed by atoms with van der Waals surface area (Å²) in [5.74, 6) is -0.615. The first kappa shape index (κ1) is 19.9. The predicted molar refractivity (Wildman–Crippen MR) is 104 cm³/mol. The van der Waals surface area contributed by atoms with E-state index in [1.54, 1.807) is 43.3 Å². The van der Waals surface area contributed by atoms with Crippen molar-refractivity contribution in [3.8, 4) is 0 Å². The second kappa shape index (κ2) is 8.42. The average molecular weight is 408 g/mol. The predicted octanol–water partition coefficient (Wildman–Crippen LogP) is 4.05. The van der Waals surface area contributed by atoms with E-state index in [2.05, 4.69) is 0 Å². The van der Waals surface area contributed by atoms with Crippen LogP contribution in [0.5, 0.6) is 0 Å². The van der Waals surface area contributed by atoms with Gasteiger partial charge >= 0.3 is 5.97 Å². The second-order valence-electron chi connectivity index (χ2n) is 6.59. The number of ether oxygens (including phenoxy) is 1. The lowest BCUT2D eigenvalue weighted by Crippen LogP contribution is -2.40. The van der Waals surface area contributed by atoms with Crippen molar-refractivity contribution in [2.24, 2.45) is 5.92 Å². The molecule has 7 heteroatoms. The molecule has 0 radical (unpaired) electrons. The van der Waals surface area contributed by atoms with E-state index in [1.807, 2.05) is 18.2 Å². The molecule has 0 N–H and O–H groups in total. The Hall–Kier alpha value is -1.89. The zero-order valence-electron chi connectivity index (χ0n) is 15.0. The third-order valence-corrected chi connectivity index (χ3v) is 7.06. The van der Waals surface area contributed by atoms with Crippen molar-refractivity contribution < 1.29 is 17.9 Å². The fourth-order valence-corrected chi connectivity index (χ4v) is 4.99. The highest BCUT2D eigenvalue weighted by Crippen LogP contribution is 2.29. The van der Waals surface area contributed by atoms with Crippen LogP contribution in [0.4, 0.5) is 0 Å². The van der Waals surface area contributed by atoms with Crippen LogP contribution in [-0.2, 0) is 19.6 Å². The van der Waals surface area contributed by atoms with Crippen LogP contribution >= 0.6 is 11.6 Å². The van der Waals surface area contributed by atoms with E-state index in [1.165, 1.54) is 4.31 Å². The number of sulfonamides is 1. The lowest BCUT2D eigenvalue weighted by atomic mass is 9.98. The Morgan fingerprint density at radius 2 is 1.67 bits per heavy atom. The molecule has 2 aromatic rings. The molecule has 0 saturated carbocycles. The molecule has 0 aliphatic carbocycles. The number of piperidine rings is 1. The van der Waals surface area contributed by atoms with E-state index in [0.717, 1.165) is 5.56 Å². The van der Waals surface area contributed by atoms with Crippen molar-refractivity contribution in [1.29, 1.82) is 0 Å². The van der Waals surface area contributed by atoms with Crippen LogP contribution in [-0.4, -0.2) is 31.8 Å². The largest absolute Gasteiger partial charge is 0.458 e. The Balaban J connectivity index is 1.59. The zero-order valence-corrected chi connectivity index (χ0v) is 16.6. The molecule has 0 bridgehead atoms. The fraction of sp³-hybridized carbons (Fsp3) is 0.350. The quantitative estimate of drug-likeness (QED) is 0.701. The van der Waals surface area contributed by atoms with Crippen molar-refractivity contribution in [2.75, 3.05) is 13.1 Å². The topological polar surface area (TPSA) is 63.7 Å². The molecule has 2 aromatic carbocycles. The van der Waals surface area contributed by atoms with E-state index in [4.69, 9.17) is 16.3 Å². The molecule has 1 unspecified atom stereocenters. The number of hydrogen-bond acceptors (Lipinski definition) is 4. The minimum atomic E-state index is -3.52. The third kappa shape index (κ3) is 4.51. The molecule has 1 fully saturated rings. The number of benzene rings is 2. The highest BCUT2D eigenvalue weighted by molar-refractivity contribution is 7.89. The van der Waals surface area contributed by atoms with E-state index in [9.17, 15) is 13.2 Å². The number of halogens is 1. The summed E-state index contributed by atoms with van der Waals surface area (Å²) in [5, 5.41) is 0.557. The van der Waals surface area contributed by atoms with Gasteiger partial charge in [0, 0.05) is 23.7 Å². The zero-order chi connectivity index (χ0) is 19.4. The fourth-order valence-electron chi connectivity index (χ4n) is 3.21. The number of hydrogen-bond donors (Lipinski definition) is 0. The third-order valence-electron chi connectivity index (χ3n) is 4.80. The summed E-state index contributed by atoms with van der Waals surface area (Å²) in [5.41, 5.74) is 0.761. The minimum absolute atomic E-state index is 0.276. The van der Waals surface area contributed by atoms with Crippen molar-refractivity contribution >= 4 is 27.6 Å². The first-order valence-corrected chi connectivity index (χ1v) is 10.7. The first-order chi connectivity index (χ1) is 12.9. The molecule has 1 heterocycles. The van der Waals surface area contributed by atoms with Gasteiger partial charge in [0.1, 0.15) is 6.10 Å². The number of carbonyl (C=O) groups excluding carboxylic acids is 1. The van der Waals surface area contributed by atoms with Gasteiger partial charge in [-0.3, -0.25) is 4.79 Å². The molecule has 3 rings (SSSR count). The van der Waals surface area contributed by atoms with Crippen molar-refractivity contribution in [3.63, 3.8) is 0 Å². The van der Waals surface area contributed by atoms with Gasteiger partial charge in [-0.2, -0.15) is 4.31 Å². The summed E-state index contributed by atoms with van der Waals surface area (Å²) in [7, 11) is -3.52. The van der Waals surface area contributed by atoms with Crippen LogP contribution < -0.4 is 0 Å². The lowest BCUT2D eigenvalue weighted by molar-refractivity contribution is -0.154. The Kier molecular flexibility index (Phi) is 6.19. The molecular weight excluding hydrogens is 386 g/mol. The van der Waals surface area contributed by atoms with Crippen LogP contribution in [0.3, 0.4) is 0 Å². The summed E-state index contributed by atoms with van der Waals surface area (Å²) in [4.78, 5) is 12.8. The van der Waals surface area contributed by atoms with Gasteiger partial charge in [-0.05, 0) is 38.0 Å². The van der Waals surface area contributed by atoms with Crippen LogP contribution in [0.2, 0.25) is 5.02 Å². The van der Waals surface area contributed by atoms with Crippen LogP contribution in [0.1, 0.15) is 31.4 Å². The first-order valence-electron chi connectivity index (χ1n) is 8.89. The van der Waals surface area contributed by atoms with Crippen molar-refractivity contribution in [3.05, 3.63) is 65.2 Å². The molecule has 1 atom stereocenters. The van der Waals surface area contributed by atoms with Gasteiger partial charge < -0.3 is 4.74 Å². The van der Waals surface area contributed by atoms with Gasteiger partial charge in [0.05, 0.1) is 10.8 Å². The van der Waals surface area contributed by atoms with Gasteiger partial charge in [-0.25, -0.2) is 8.42 Å². The van der Waals surface area contributed by atoms with Crippen LogP contribution in [0.15, 0.2) is 59.5 Å². The maximum absolute atomic E-state index is 12.7. The smallest absolute Gasteiger partial charge is 0.309 e. The van der Waals surface area contributed by atoms with Crippen molar-refractivity contribution in [1.82, 2.24) is 4.31 Å². The molecule has 5 nitrogen and oxygen atoms in total. The SMILES string of the molecule is CC(OC(=O)C1CCN(S(=O)(=O)c2ccccc2)CC1)c1ccccc1Cl. The molecule has 1 aliphatic rings.